The summed E-state index contributed by atoms with van der Waals surface area (Å²) < 4.78 is 14.4. The number of nitrogens with one attached hydrogen (secondary N) is 1. The summed E-state index contributed by atoms with van der Waals surface area (Å²) in [6, 6.07) is 3.69. The summed E-state index contributed by atoms with van der Waals surface area (Å²) in [4.78, 5) is 25.8. The van der Waals surface area contributed by atoms with E-state index >= 15 is 0 Å². The lowest BCUT2D eigenvalue weighted by molar-refractivity contribution is 0.619. The zero-order chi connectivity index (χ0) is 13.4. The van der Waals surface area contributed by atoms with Gasteiger partial charge in [0.25, 0.3) is 5.56 Å². The Bertz CT molecular complexity index is 708. The van der Waals surface area contributed by atoms with Gasteiger partial charge in [0.1, 0.15) is 11.0 Å². The zero-order valence-corrected chi connectivity index (χ0v) is 11.5. The molecule has 1 heterocycles. The summed E-state index contributed by atoms with van der Waals surface area (Å²) in [6.45, 7) is 1.60. The molecule has 1 N–H and O–H groups in total. The molecule has 0 aliphatic heterocycles. The van der Waals surface area contributed by atoms with Gasteiger partial charge in [-0.2, -0.15) is 0 Å². The highest BCUT2D eigenvalue weighted by Crippen LogP contribution is 2.21. The van der Waals surface area contributed by atoms with Crippen LogP contribution in [0.25, 0.3) is 5.69 Å². The first-order valence-corrected chi connectivity index (χ1v) is 6.05. The minimum atomic E-state index is -0.672. The number of aromatic nitrogens is 2. The number of H-pyrrole nitrogens is 1. The molecule has 0 spiro atoms. The standard InChI is InChI=1S/C11H7BrClFN2O2/c1-5-2-7(14)6(12)3-8(5)16-10(17)4-9(13)15-11(16)18/h2-4H,1H3,(H,15,18). The molecule has 1 aromatic heterocycles. The first-order chi connectivity index (χ1) is 8.40. The predicted octanol–water partition coefficient (Wildman–Crippen LogP) is 2.39. The van der Waals surface area contributed by atoms with Crippen molar-refractivity contribution in [1.82, 2.24) is 9.55 Å². The topological polar surface area (TPSA) is 54.9 Å². The SMILES string of the molecule is Cc1cc(F)c(Br)cc1-n1c(=O)cc(Cl)[nH]c1=O. The second-order valence-corrected chi connectivity index (χ2v) is 4.91. The molecule has 0 bridgehead atoms. The number of aromatic amines is 1. The maximum atomic E-state index is 13.3. The van der Waals surface area contributed by atoms with Crippen LogP contribution in [0.2, 0.25) is 5.15 Å². The van der Waals surface area contributed by atoms with Gasteiger partial charge in [-0.05, 0) is 40.5 Å². The minimum Gasteiger partial charge on any atom is -0.297 e. The summed E-state index contributed by atoms with van der Waals surface area (Å²) in [7, 11) is 0. The smallest absolute Gasteiger partial charge is 0.297 e. The van der Waals surface area contributed by atoms with E-state index in [1.807, 2.05) is 0 Å². The van der Waals surface area contributed by atoms with Crippen molar-refractivity contribution in [2.24, 2.45) is 0 Å². The van der Waals surface area contributed by atoms with Crippen LogP contribution in [-0.4, -0.2) is 9.55 Å². The van der Waals surface area contributed by atoms with Crippen molar-refractivity contribution in [1.29, 1.82) is 0 Å². The molecule has 7 heteroatoms. The van der Waals surface area contributed by atoms with Gasteiger partial charge in [-0.1, -0.05) is 11.6 Å². The van der Waals surface area contributed by atoms with Crippen molar-refractivity contribution < 1.29 is 4.39 Å². The second-order valence-electron chi connectivity index (χ2n) is 3.65. The first kappa shape index (κ1) is 13.0. The van der Waals surface area contributed by atoms with E-state index < -0.39 is 17.1 Å². The fraction of sp³-hybridized carbons (Fsp3) is 0.0909. The molecule has 0 amide bonds. The lowest BCUT2D eigenvalue weighted by Crippen LogP contribution is -2.33. The molecule has 1 aromatic carbocycles. The fourth-order valence-electron chi connectivity index (χ4n) is 1.57. The molecule has 0 atom stereocenters. The first-order valence-electron chi connectivity index (χ1n) is 4.88. The third-order valence-electron chi connectivity index (χ3n) is 2.38. The third kappa shape index (κ3) is 2.26. The maximum absolute atomic E-state index is 13.3. The van der Waals surface area contributed by atoms with Gasteiger partial charge in [-0.25, -0.2) is 13.8 Å². The quantitative estimate of drug-likeness (QED) is 0.815. The average Bonchev–Trinajstić information content (AvgIpc) is 2.24. The third-order valence-corrected chi connectivity index (χ3v) is 3.19. The number of aryl methyl sites for hydroxylation is 1. The Hall–Kier alpha value is -1.40. The molecule has 2 aromatic rings. The Morgan fingerprint density at radius 3 is 2.61 bits per heavy atom. The van der Waals surface area contributed by atoms with Crippen molar-refractivity contribution in [2.45, 2.75) is 6.92 Å². The Balaban J connectivity index is 2.82. The van der Waals surface area contributed by atoms with Crippen LogP contribution in [0, 0.1) is 12.7 Å². The number of hydrogen-bond acceptors (Lipinski definition) is 2. The van der Waals surface area contributed by atoms with Crippen LogP contribution < -0.4 is 11.2 Å². The summed E-state index contributed by atoms with van der Waals surface area (Å²) in [5, 5.41) is -0.0416. The number of nitrogens with zero attached hydrogens (tertiary/aromatic N) is 1. The van der Waals surface area contributed by atoms with E-state index in [4.69, 9.17) is 11.6 Å². The number of benzene rings is 1. The molecular weight excluding hydrogens is 326 g/mol. The molecule has 94 valence electrons. The van der Waals surface area contributed by atoms with E-state index in [1.165, 1.54) is 12.1 Å². The molecule has 18 heavy (non-hydrogen) atoms. The fourth-order valence-corrected chi connectivity index (χ4v) is 2.08. The van der Waals surface area contributed by atoms with Crippen molar-refractivity contribution in [3.63, 3.8) is 0 Å². The summed E-state index contributed by atoms with van der Waals surface area (Å²) in [5.74, 6) is -0.463. The Morgan fingerprint density at radius 2 is 2.00 bits per heavy atom. The summed E-state index contributed by atoms with van der Waals surface area (Å²) >= 11 is 8.58. The summed E-state index contributed by atoms with van der Waals surface area (Å²) in [5.41, 5.74) is -0.490. The number of halogens is 3. The van der Waals surface area contributed by atoms with Crippen LogP contribution in [0.4, 0.5) is 4.39 Å². The van der Waals surface area contributed by atoms with E-state index in [0.29, 0.717) is 11.3 Å². The van der Waals surface area contributed by atoms with Gasteiger partial charge in [0.2, 0.25) is 0 Å². The molecule has 0 aliphatic carbocycles. The van der Waals surface area contributed by atoms with Crippen LogP contribution in [-0.2, 0) is 0 Å². The Kier molecular flexibility index (Phi) is 3.41. The number of rotatable bonds is 1. The van der Waals surface area contributed by atoms with Gasteiger partial charge in [-0.15, -0.1) is 0 Å². The molecule has 0 unspecified atom stereocenters. The minimum absolute atomic E-state index is 0.0416. The van der Waals surface area contributed by atoms with Crippen molar-refractivity contribution in [2.75, 3.05) is 0 Å². The Labute approximate surface area is 114 Å². The molecule has 0 aliphatic rings. The molecular formula is C11H7BrClFN2O2. The largest absolute Gasteiger partial charge is 0.334 e. The summed E-state index contributed by atoms with van der Waals surface area (Å²) in [6.07, 6.45) is 0. The van der Waals surface area contributed by atoms with E-state index in [9.17, 15) is 14.0 Å². The highest BCUT2D eigenvalue weighted by atomic mass is 79.9. The lowest BCUT2D eigenvalue weighted by atomic mass is 10.2. The van der Waals surface area contributed by atoms with E-state index in [-0.39, 0.29) is 9.63 Å². The van der Waals surface area contributed by atoms with Gasteiger partial charge in [0.05, 0.1) is 10.2 Å². The zero-order valence-electron chi connectivity index (χ0n) is 9.13. The van der Waals surface area contributed by atoms with Gasteiger partial charge in [0.15, 0.2) is 0 Å². The number of hydrogen-bond donors (Lipinski definition) is 1. The molecule has 0 fully saturated rings. The van der Waals surface area contributed by atoms with Crippen LogP contribution in [0.15, 0.2) is 32.3 Å². The van der Waals surface area contributed by atoms with Crippen molar-refractivity contribution in [3.8, 4) is 5.69 Å². The van der Waals surface area contributed by atoms with E-state index in [1.54, 1.807) is 6.92 Å². The van der Waals surface area contributed by atoms with Crippen LogP contribution >= 0.6 is 27.5 Å². The molecule has 4 nitrogen and oxygen atoms in total. The van der Waals surface area contributed by atoms with E-state index in [2.05, 4.69) is 20.9 Å². The highest BCUT2D eigenvalue weighted by molar-refractivity contribution is 9.10. The monoisotopic (exact) mass is 332 g/mol. The molecule has 0 saturated heterocycles. The van der Waals surface area contributed by atoms with Gasteiger partial charge < -0.3 is 0 Å². The van der Waals surface area contributed by atoms with Crippen LogP contribution in [0.1, 0.15) is 5.56 Å². The molecule has 0 saturated carbocycles. The highest BCUT2D eigenvalue weighted by Gasteiger charge is 2.11. The Morgan fingerprint density at radius 1 is 1.33 bits per heavy atom. The van der Waals surface area contributed by atoms with Gasteiger partial charge in [0, 0.05) is 6.07 Å². The lowest BCUT2D eigenvalue weighted by Gasteiger charge is -2.09. The van der Waals surface area contributed by atoms with Crippen molar-refractivity contribution in [3.05, 3.63) is 60.0 Å². The van der Waals surface area contributed by atoms with E-state index in [0.717, 1.165) is 10.6 Å². The van der Waals surface area contributed by atoms with Crippen molar-refractivity contribution >= 4 is 27.5 Å². The van der Waals surface area contributed by atoms with Gasteiger partial charge in [-0.3, -0.25) is 9.78 Å². The second kappa shape index (κ2) is 4.70. The predicted molar refractivity (Wildman–Crippen MR) is 70.1 cm³/mol. The average molecular weight is 334 g/mol. The molecule has 0 radical (unpaired) electrons. The normalized spacial score (nSPS) is 10.7. The van der Waals surface area contributed by atoms with Crippen LogP contribution in [0.3, 0.4) is 0 Å². The van der Waals surface area contributed by atoms with Gasteiger partial charge >= 0.3 is 5.69 Å². The maximum Gasteiger partial charge on any atom is 0.334 e. The van der Waals surface area contributed by atoms with Crippen LogP contribution in [0.5, 0.6) is 0 Å². The molecule has 2 rings (SSSR count).